The quantitative estimate of drug-likeness (QED) is 0.364. The maximum Gasteiger partial charge on any atom is 0.0573 e. The van der Waals surface area contributed by atoms with Crippen molar-refractivity contribution in [3.63, 3.8) is 0 Å². The van der Waals surface area contributed by atoms with Gasteiger partial charge in [-0.1, -0.05) is 17.6 Å². The highest BCUT2D eigenvalue weighted by atomic mass is 14.8. The number of allylic oxidation sites excluding steroid dienone is 1. The van der Waals surface area contributed by atoms with Crippen LogP contribution >= 0.6 is 0 Å². The first-order valence-electron chi connectivity index (χ1n) is 4.25. The van der Waals surface area contributed by atoms with E-state index in [2.05, 4.69) is 17.3 Å². The lowest BCUT2D eigenvalue weighted by atomic mass is 10.2. The molecule has 1 rings (SSSR count). The van der Waals surface area contributed by atoms with E-state index in [1.807, 2.05) is 0 Å². The SMILES string of the molecule is C#CCNCCC1=CCCC1. The van der Waals surface area contributed by atoms with Crippen LogP contribution in [0.4, 0.5) is 0 Å². The maximum absolute atomic E-state index is 5.10. The molecule has 0 aliphatic heterocycles. The van der Waals surface area contributed by atoms with Crippen molar-refractivity contribution in [2.24, 2.45) is 0 Å². The highest BCUT2D eigenvalue weighted by Gasteiger charge is 2.02. The molecular weight excluding hydrogens is 134 g/mol. The molecule has 0 heterocycles. The minimum atomic E-state index is 0.702. The number of rotatable bonds is 4. The van der Waals surface area contributed by atoms with Crippen LogP contribution in [0.15, 0.2) is 11.6 Å². The van der Waals surface area contributed by atoms with Gasteiger partial charge in [0.25, 0.3) is 0 Å². The fourth-order valence-corrected chi connectivity index (χ4v) is 1.37. The minimum absolute atomic E-state index is 0.702. The smallest absolute Gasteiger partial charge is 0.0573 e. The van der Waals surface area contributed by atoms with Gasteiger partial charge >= 0.3 is 0 Å². The topological polar surface area (TPSA) is 12.0 Å². The molecule has 0 aromatic carbocycles. The van der Waals surface area contributed by atoms with Gasteiger partial charge in [-0.25, -0.2) is 0 Å². The van der Waals surface area contributed by atoms with Gasteiger partial charge in [0.05, 0.1) is 6.54 Å². The Kier molecular flexibility index (Phi) is 3.79. The summed E-state index contributed by atoms with van der Waals surface area (Å²) in [5, 5.41) is 3.18. The van der Waals surface area contributed by atoms with Crippen LogP contribution in [0.2, 0.25) is 0 Å². The predicted molar refractivity (Wildman–Crippen MR) is 48.3 cm³/mol. The molecule has 0 spiro atoms. The van der Waals surface area contributed by atoms with Crippen LogP contribution in [-0.2, 0) is 0 Å². The van der Waals surface area contributed by atoms with Crippen LogP contribution in [0, 0.1) is 12.3 Å². The summed E-state index contributed by atoms with van der Waals surface area (Å²) in [6, 6.07) is 0. The molecule has 11 heavy (non-hydrogen) atoms. The standard InChI is InChI=1S/C10H15N/c1-2-8-11-9-7-10-5-3-4-6-10/h1,5,11H,3-4,6-9H2. The Morgan fingerprint density at radius 3 is 3.18 bits per heavy atom. The van der Waals surface area contributed by atoms with Gasteiger partial charge in [-0.2, -0.15) is 0 Å². The van der Waals surface area contributed by atoms with Crippen molar-refractivity contribution in [2.45, 2.75) is 25.7 Å². The lowest BCUT2D eigenvalue weighted by Gasteiger charge is -2.00. The molecule has 0 aromatic heterocycles. The second kappa shape index (κ2) is 4.98. The molecule has 0 aromatic rings. The summed E-state index contributed by atoms with van der Waals surface area (Å²) in [7, 11) is 0. The Morgan fingerprint density at radius 2 is 2.55 bits per heavy atom. The number of hydrogen-bond donors (Lipinski definition) is 1. The third-order valence-corrected chi connectivity index (χ3v) is 1.98. The molecule has 0 saturated carbocycles. The Labute approximate surface area is 68.9 Å². The third-order valence-electron chi connectivity index (χ3n) is 1.98. The van der Waals surface area contributed by atoms with E-state index in [4.69, 9.17) is 6.42 Å². The Balaban J connectivity index is 1.99. The average molecular weight is 149 g/mol. The van der Waals surface area contributed by atoms with Crippen molar-refractivity contribution >= 4 is 0 Å². The van der Waals surface area contributed by atoms with Crippen LogP contribution < -0.4 is 5.32 Å². The van der Waals surface area contributed by atoms with Crippen LogP contribution in [0.3, 0.4) is 0 Å². The van der Waals surface area contributed by atoms with E-state index in [0.717, 1.165) is 6.54 Å². The van der Waals surface area contributed by atoms with Gasteiger partial charge in [0.1, 0.15) is 0 Å². The lowest BCUT2D eigenvalue weighted by Crippen LogP contribution is -2.15. The molecule has 1 aliphatic rings. The summed E-state index contributed by atoms with van der Waals surface area (Å²) in [6.45, 7) is 1.74. The van der Waals surface area contributed by atoms with Gasteiger partial charge < -0.3 is 5.32 Å². The monoisotopic (exact) mass is 149 g/mol. The number of hydrogen-bond acceptors (Lipinski definition) is 1. The molecular formula is C10H15N. The van der Waals surface area contributed by atoms with Crippen molar-refractivity contribution in [2.75, 3.05) is 13.1 Å². The van der Waals surface area contributed by atoms with Gasteiger partial charge in [-0.15, -0.1) is 6.42 Å². The molecule has 1 N–H and O–H groups in total. The van der Waals surface area contributed by atoms with E-state index in [0.29, 0.717) is 6.54 Å². The molecule has 1 nitrogen and oxygen atoms in total. The third kappa shape index (κ3) is 3.25. The van der Waals surface area contributed by atoms with Crippen molar-refractivity contribution in [3.05, 3.63) is 11.6 Å². The van der Waals surface area contributed by atoms with Crippen LogP contribution in [0.5, 0.6) is 0 Å². The largest absolute Gasteiger partial charge is 0.306 e. The molecule has 1 aliphatic carbocycles. The van der Waals surface area contributed by atoms with E-state index < -0.39 is 0 Å². The molecule has 0 amide bonds. The second-order valence-corrected chi connectivity index (χ2v) is 2.89. The zero-order chi connectivity index (χ0) is 7.94. The molecule has 0 unspecified atom stereocenters. The zero-order valence-electron chi connectivity index (χ0n) is 6.90. The van der Waals surface area contributed by atoms with E-state index in [9.17, 15) is 0 Å². The summed E-state index contributed by atoms with van der Waals surface area (Å²) in [5.74, 6) is 2.56. The normalized spacial score (nSPS) is 16.1. The molecule has 0 radical (unpaired) electrons. The summed E-state index contributed by atoms with van der Waals surface area (Å²) in [6.07, 6.45) is 12.6. The van der Waals surface area contributed by atoms with Gasteiger partial charge in [0.15, 0.2) is 0 Å². The van der Waals surface area contributed by atoms with Crippen molar-refractivity contribution in [1.29, 1.82) is 0 Å². The van der Waals surface area contributed by atoms with Gasteiger partial charge in [0, 0.05) is 0 Å². The Bertz CT molecular complexity index is 174. The Hall–Kier alpha value is -0.740. The minimum Gasteiger partial charge on any atom is -0.306 e. The van der Waals surface area contributed by atoms with Crippen LogP contribution in [-0.4, -0.2) is 13.1 Å². The summed E-state index contributed by atoms with van der Waals surface area (Å²) in [4.78, 5) is 0. The molecule has 60 valence electrons. The average Bonchev–Trinajstić information content (AvgIpc) is 2.50. The Morgan fingerprint density at radius 1 is 1.64 bits per heavy atom. The molecule has 0 atom stereocenters. The van der Waals surface area contributed by atoms with Gasteiger partial charge in [-0.3, -0.25) is 0 Å². The van der Waals surface area contributed by atoms with Crippen molar-refractivity contribution in [3.8, 4) is 12.3 Å². The van der Waals surface area contributed by atoms with Crippen LogP contribution in [0.1, 0.15) is 25.7 Å². The zero-order valence-corrected chi connectivity index (χ0v) is 6.90. The predicted octanol–water partition coefficient (Wildman–Crippen LogP) is 1.71. The number of nitrogens with one attached hydrogen (secondary N) is 1. The highest BCUT2D eigenvalue weighted by Crippen LogP contribution is 2.19. The fraction of sp³-hybridized carbons (Fsp3) is 0.600. The first-order valence-corrected chi connectivity index (χ1v) is 4.25. The molecule has 0 bridgehead atoms. The maximum atomic E-state index is 5.10. The van der Waals surface area contributed by atoms with E-state index in [1.165, 1.54) is 25.7 Å². The van der Waals surface area contributed by atoms with Crippen molar-refractivity contribution in [1.82, 2.24) is 5.32 Å². The molecule has 1 heteroatoms. The summed E-state index contributed by atoms with van der Waals surface area (Å²) in [5.41, 5.74) is 1.61. The van der Waals surface area contributed by atoms with Gasteiger partial charge in [-0.05, 0) is 32.2 Å². The van der Waals surface area contributed by atoms with E-state index in [1.54, 1.807) is 5.57 Å². The first-order chi connectivity index (χ1) is 5.43. The summed E-state index contributed by atoms with van der Waals surface area (Å²) < 4.78 is 0. The summed E-state index contributed by atoms with van der Waals surface area (Å²) >= 11 is 0. The van der Waals surface area contributed by atoms with E-state index >= 15 is 0 Å². The lowest BCUT2D eigenvalue weighted by molar-refractivity contribution is 0.732. The first kappa shape index (κ1) is 8.36. The fourth-order valence-electron chi connectivity index (χ4n) is 1.37. The van der Waals surface area contributed by atoms with Crippen LogP contribution in [0.25, 0.3) is 0 Å². The second-order valence-electron chi connectivity index (χ2n) is 2.89. The molecule has 0 saturated heterocycles. The highest BCUT2D eigenvalue weighted by molar-refractivity contribution is 5.07. The van der Waals surface area contributed by atoms with E-state index in [-0.39, 0.29) is 0 Å². The van der Waals surface area contributed by atoms with Crippen molar-refractivity contribution < 1.29 is 0 Å². The molecule has 0 fully saturated rings. The van der Waals surface area contributed by atoms with Gasteiger partial charge in [0.2, 0.25) is 0 Å². The number of terminal acetylenes is 1.